The van der Waals surface area contributed by atoms with Crippen LogP contribution in [0.1, 0.15) is 40.2 Å². The molecule has 1 aromatic heterocycles. The van der Waals surface area contributed by atoms with Crippen molar-refractivity contribution in [2.24, 2.45) is 0 Å². The number of pyridine rings is 1. The van der Waals surface area contributed by atoms with Crippen molar-refractivity contribution in [2.75, 3.05) is 0 Å². The topological polar surface area (TPSA) is 12.9 Å². The van der Waals surface area contributed by atoms with E-state index >= 15 is 0 Å². The van der Waals surface area contributed by atoms with E-state index in [0.29, 0.717) is 0 Å². The van der Waals surface area contributed by atoms with Gasteiger partial charge in [0.1, 0.15) is 0 Å². The summed E-state index contributed by atoms with van der Waals surface area (Å²) in [6.07, 6.45) is 2.46. The summed E-state index contributed by atoms with van der Waals surface area (Å²) in [7, 11) is 0. The van der Waals surface area contributed by atoms with E-state index < -0.39 is 5.95 Å². The summed E-state index contributed by atoms with van der Waals surface area (Å²) in [5.74, 6) is -0.410. The maximum Gasteiger partial charge on any atom is 0.212 e. The maximum atomic E-state index is 12.1. The molecule has 1 nitrogen and oxygen atoms in total. The van der Waals surface area contributed by atoms with E-state index in [9.17, 15) is 4.39 Å². The fourth-order valence-corrected chi connectivity index (χ4v) is 0.616. The molecule has 0 aliphatic carbocycles. The molecule has 0 saturated heterocycles. The van der Waals surface area contributed by atoms with Crippen LogP contribution in [0.5, 0.6) is 0 Å². The van der Waals surface area contributed by atoms with E-state index in [2.05, 4.69) is 4.98 Å². The van der Waals surface area contributed by atoms with Gasteiger partial charge in [-0.25, -0.2) is 4.98 Å². The van der Waals surface area contributed by atoms with Crippen LogP contribution in [0.4, 0.5) is 4.39 Å². The van der Waals surface area contributed by atoms with Crippen molar-refractivity contribution in [3.63, 3.8) is 0 Å². The van der Waals surface area contributed by atoms with Gasteiger partial charge in [0.25, 0.3) is 0 Å². The van der Waals surface area contributed by atoms with Crippen molar-refractivity contribution in [1.29, 1.82) is 0 Å². The minimum Gasteiger partial charge on any atom is -0.228 e. The van der Waals surface area contributed by atoms with Crippen LogP contribution >= 0.6 is 0 Å². The van der Waals surface area contributed by atoms with Gasteiger partial charge in [-0.3, -0.25) is 0 Å². The minimum absolute atomic E-state index is 0.410. The molecule has 0 aliphatic rings. The molecule has 76 valence electrons. The highest BCUT2D eigenvalue weighted by Crippen LogP contribution is 1.98. The van der Waals surface area contributed by atoms with Crippen LogP contribution in [0.3, 0.4) is 0 Å². The second kappa shape index (κ2) is 11.1. The average Bonchev–Trinajstić information content (AvgIpc) is 2.25. The predicted molar refractivity (Wildman–Crippen MR) is 56.3 cm³/mol. The number of rotatable bonds is 1. The largest absolute Gasteiger partial charge is 0.228 e. The quantitative estimate of drug-likeness (QED) is 0.606. The van der Waals surface area contributed by atoms with Crippen LogP contribution in [-0.2, 0) is 6.42 Å². The summed E-state index contributed by atoms with van der Waals surface area (Å²) in [4.78, 5) is 3.48. The van der Waals surface area contributed by atoms with Crippen LogP contribution < -0.4 is 0 Å². The predicted octanol–water partition coefficient (Wildman–Crippen LogP) is 3.84. The Morgan fingerprint density at radius 3 is 2.00 bits per heavy atom. The summed E-state index contributed by atoms with van der Waals surface area (Å²) < 4.78 is 12.1. The maximum absolute atomic E-state index is 12.1. The smallest absolute Gasteiger partial charge is 0.212 e. The first-order valence-corrected chi connectivity index (χ1v) is 4.93. The molecule has 0 amide bonds. The third kappa shape index (κ3) is 7.44. The van der Waals surface area contributed by atoms with Gasteiger partial charge in [-0.2, -0.15) is 4.39 Å². The summed E-state index contributed by atoms with van der Waals surface area (Å²) in [6.45, 7) is 10.0. The van der Waals surface area contributed by atoms with E-state index in [4.69, 9.17) is 0 Å². The number of aromatic nitrogens is 1. The Kier molecular flexibility index (Phi) is 12.4. The van der Waals surface area contributed by atoms with Crippen molar-refractivity contribution in [2.45, 2.75) is 41.0 Å². The third-order valence-corrected chi connectivity index (χ3v) is 1.20. The van der Waals surface area contributed by atoms with Crippen molar-refractivity contribution in [3.05, 3.63) is 29.8 Å². The van der Waals surface area contributed by atoms with Gasteiger partial charge in [-0.05, 0) is 18.1 Å². The molecular weight excluding hydrogens is 165 g/mol. The van der Waals surface area contributed by atoms with E-state index in [-0.39, 0.29) is 0 Å². The zero-order valence-corrected chi connectivity index (χ0v) is 9.26. The molecule has 0 atom stereocenters. The lowest BCUT2D eigenvalue weighted by Crippen LogP contribution is -1.84. The van der Waals surface area contributed by atoms with Gasteiger partial charge in [-0.15, -0.1) is 0 Å². The molecule has 0 bridgehead atoms. The zero-order chi connectivity index (χ0) is 10.7. The van der Waals surface area contributed by atoms with Gasteiger partial charge in [0.2, 0.25) is 5.95 Å². The van der Waals surface area contributed by atoms with Gasteiger partial charge >= 0.3 is 0 Å². The average molecular weight is 185 g/mol. The fourth-order valence-electron chi connectivity index (χ4n) is 0.616. The molecule has 0 saturated carbocycles. The summed E-state index contributed by atoms with van der Waals surface area (Å²) in [5, 5.41) is 0. The summed E-state index contributed by atoms with van der Waals surface area (Å²) >= 11 is 0. The lowest BCUT2D eigenvalue weighted by Gasteiger charge is -1.91. The van der Waals surface area contributed by atoms with Crippen molar-refractivity contribution in [1.82, 2.24) is 4.98 Å². The van der Waals surface area contributed by atoms with Crippen molar-refractivity contribution in [3.8, 4) is 0 Å². The van der Waals surface area contributed by atoms with Crippen LogP contribution in [0.15, 0.2) is 18.3 Å². The van der Waals surface area contributed by atoms with Crippen molar-refractivity contribution >= 4 is 0 Å². The molecular formula is C11H20FN. The first-order valence-electron chi connectivity index (χ1n) is 4.93. The van der Waals surface area contributed by atoms with Gasteiger partial charge in [0.05, 0.1) is 0 Å². The van der Waals surface area contributed by atoms with Crippen LogP contribution in [0.25, 0.3) is 0 Å². The molecule has 1 heterocycles. The Hall–Kier alpha value is -0.920. The number of halogens is 1. The van der Waals surface area contributed by atoms with Crippen LogP contribution in [-0.4, -0.2) is 4.98 Å². The Morgan fingerprint density at radius 2 is 1.69 bits per heavy atom. The molecule has 1 aromatic rings. The van der Waals surface area contributed by atoms with E-state index in [0.717, 1.165) is 12.0 Å². The van der Waals surface area contributed by atoms with Crippen molar-refractivity contribution < 1.29 is 4.39 Å². The molecule has 2 heteroatoms. The lowest BCUT2D eigenvalue weighted by atomic mass is 10.2. The van der Waals surface area contributed by atoms with E-state index in [1.807, 2.05) is 34.6 Å². The second-order valence-corrected chi connectivity index (χ2v) is 1.84. The Balaban J connectivity index is 0. The minimum atomic E-state index is -0.410. The monoisotopic (exact) mass is 185 g/mol. The van der Waals surface area contributed by atoms with Gasteiger partial charge in [-0.1, -0.05) is 40.7 Å². The standard InChI is InChI=1S/C7H8FN.2C2H6/c1-2-6-3-4-7(8)9-5-6;2*1-2/h3-5H,2H2,1H3;2*1-2H3. The molecule has 1 rings (SSSR count). The Labute approximate surface area is 81.0 Å². The SMILES string of the molecule is CC.CC.CCc1ccc(F)nc1. The fraction of sp³-hybridized carbons (Fsp3) is 0.545. The Morgan fingerprint density at radius 1 is 1.15 bits per heavy atom. The number of hydrogen-bond acceptors (Lipinski definition) is 1. The number of nitrogens with zero attached hydrogens (tertiary/aromatic N) is 1. The summed E-state index contributed by atoms with van der Waals surface area (Å²) in [6, 6.07) is 3.11. The highest BCUT2D eigenvalue weighted by Gasteiger charge is 1.89. The Bertz CT molecular complexity index is 182. The van der Waals surface area contributed by atoms with Crippen LogP contribution in [0, 0.1) is 5.95 Å². The zero-order valence-electron chi connectivity index (χ0n) is 9.26. The molecule has 0 aromatic carbocycles. The third-order valence-electron chi connectivity index (χ3n) is 1.20. The number of aryl methyl sites for hydroxylation is 1. The molecule has 0 aliphatic heterocycles. The van der Waals surface area contributed by atoms with E-state index in [1.54, 1.807) is 12.3 Å². The molecule has 0 N–H and O–H groups in total. The highest BCUT2D eigenvalue weighted by atomic mass is 19.1. The van der Waals surface area contributed by atoms with Gasteiger partial charge in [0, 0.05) is 6.20 Å². The molecule has 0 spiro atoms. The highest BCUT2D eigenvalue weighted by molar-refractivity contribution is 5.08. The number of hydrogen-bond donors (Lipinski definition) is 0. The normalized spacial score (nSPS) is 7.54. The molecule has 13 heavy (non-hydrogen) atoms. The first kappa shape index (κ1) is 14.6. The summed E-state index contributed by atoms with van der Waals surface area (Å²) in [5.41, 5.74) is 1.07. The van der Waals surface area contributed by atoms with Gasteiger partial charge in [0.15, 0.2) is 0 Å². The molecule has 0 fully saturated rings. The lowest BCUT2D eigenvalue weighted by molar-refractivity contribution is 0.582. The molecule has 0 radical (unpaired) electrons. The first-order chi connectivity index (χ1) is 6.33. The van der Waals surface area contributed by atoms with E-state index in [1.165, 1.54) is 6.07 Å². The second-order valence-electron chi connectivity index (χ2n) is 1.84. The van der Waals surface area contributed by atoms with Crippen LogP contribution in [0.2, 0.25) is 0 Å². The van der Waals surface area contributed by atoms with Gasteiger partial charge < -0.3 is 0 Å². The molecule has 0 unspecified atom stereocenters.